The summed E-state index contributed by atoms with van der Waals surface area (Å²) in [6, 6.07) is 6.03. The number of benzene rings is 1. The van der Waals surface area contributed by atoms with Crippen LogP contribution >= 0.6 is 27.5 Å². The van der Waals surface area contributed by atoms with Gasteiger partial charge in [-0.2, -0.15) is 0 Å². The van der Waals surface area contributed by atoms with Gasteiger partial charge in [0.15, 0.2) is 5.15 Å². The van der Waals surface area contributed by atoms with Gasteiger partial charge >= 0.3 is 0 Å². The van der Waals surface area contributed by atoms with Crippen molar-refractivity contribution in [3.8, 4) is 11.3 Å². The summed E-state index contributed by atoms with van der Waals surface area (Å²) in [6.07, 6.45) is 3.21. The normalized spacial score (nSPS) is 10.3. The molecule has 0 saturated carbocycles. The van der Waals surface area contributed by atoms with Gasteiger partial charge in [-0.05, 0) is 18.6 Å². The summed E-state index contributed by atoms with van der Waals surface area (Å²) in [4.78, 5) is 8.22. The minimum Gasteiger partial charge on any atom is -0.251 e. The quantitative estimate of drug-likeness (QED) is 0.794. The number of aryl methyl sites for hydroxylation is 1. The highest BCUT2D eigenvalue weighted by Crippen LogP contribution is 2.30. The summed E-state index contributed by atoms with van der Waals surface area (Å²) in [5, 5.41) is 0.419. The van der Waals surface area contributed by atoms with Crippen molar-refractivity contribution in [2.45, 2.75) is 6.92 Å². The topological polar surface area (TPSA) is 25.8 Å². The second-order valence-electron chi connectivity index (χ2n) is 3.18. The van der Waals surface area contributed by atoms with Crippen LogP contribution in [0.1, 0.15) is 5.56 Å². The first kappa shape index (κ1) is 10.6. The zero-order valence-electron chi connectivity index (χ0n) is 8.04. The van der Waals surface area contributed by atoms with Gasteiger partial charge in [0.25, 0.3) is 0 Å². The maximum absolute atomic E-state index is 5.98. The van der Waals surface area contributed by atoms with Crippen LogP contribution in [0.15, 0.2) is 35.1 Å². The van der Waals surface area contributed by atoms with E-state index in [0.29, 0.717) is 10.8 Å². The minimum absolute atomic E-state index is 0.419. The van der Waals surface area contributed by atoms with Gasteiger partial charge in [0, 0.05) is 22.4 Å². The maximum Gasteiger partial charge on any atom is 0.155 e. The molecule has 0 radical (unpaired) electrons. The summed E-state index contributed by atoms with van der Waals surface area (Å²) in [5.74, 6) is 0. The van der Waals surface area contributed by atoms with Gasteiger partial charge in [0.2, 0.25) is 0 Å². The Balaban J connectivity index is 2.60. The molecule has 0 amide bonds. The third kappa shape index (κ3) is 2.19. The predicted molar refractivity (Wildman–Crippen MR) is 64.9 cm³/mol. The molecule has 2 rings (SSSR count). The molecule has 0 N–H and O–H groups in total. The molecule has 1 aromatic carbocycles. The fraction of sp³-hybridized carbons (Fsp3) is 0.0909. The number of hydrogen-bond donors (Lipinski definition) is 0. The van der Waals surface area contributed by atoms with Gasteiger partial charge in [0.1, 0.15) is 5.69 Å². The summed E-state index contributed by atoms with van der Waals surface area (Å²) in [5.41, 5.74) is 2.84. The molecule has 0 bridgehead atoms. The maximum atomic E-state index is 5.98. The van der Waals surface area contributed by atoms with Crippen LogP contribution in [-0.4, -0.2) is 9.97 Å². The molecule has 0 aliphatic heterocycles. The highest BCUT2D eigenvalue weighted by molar-refractivity contribution is 9.10. The summed E-state index contributed by atoms with van der Waals surface area (Å²) in [6.45, 7) is 2.03. The van der Waals surface area contributed by atoms with Crippen LogP contribution in [0.25, 0.3) is 11.3 Å². The van der Waals surface area contributed by atoms with Crippen molar-refractivity contribution in [1.29, 1.82) is 0 Å². The Kier molecular flexibility index (Phi) is 3.03. The molecule has 2 aromatic rings. The Morgan fingerprint density at radius 1 is 1.20 bits per heavy atom. The van der Waals surface area contributed by atoms with Gasteiger partial charge in [-0.15, -0.1) is 0 Å². The molecule has 0 atom stereocenters. The van der Waals surface area contributed by atoms with Crippen molar-refractivity contribution in [2.24, 2.45) is 0 Å². The van der Waals surface area contributed by atoms with E-state index in [1.165, 1.54) is 5.56 Å². The third-order valence-corrected chi connectivity index (χ3v) is 2.97. The lowest BCUT2D eigenvalue weighted by molar-refractivity contribution is 1.20. The summed E-state index contributed by atoms with van der Waals surface area (Å²) in [7, 11) is 0. The smallest absolute Gasteiger partial charge is 0.155 e. The summed E-state index contributed by atoms with van der Waals surface area (Å²) < 4.78 is 0.977. The molecular weight excluding hydrogens is 275 g/mol. The minimum atomic E-state index is 0.419. The Hall–Kier alpha value is -0.930. The average molecular weight is 284 g/mol. The highest BCUT2D eigenvalue weighted by Gasteiger charge is 2.08. The SMILES string of the molecule is Cc1ccc(-c2nccnc2Cl)c(Br)c1. The van der Waals surface area contributed by atoms with Crippen LogP contribution in [0, 0.1) is 6.92 Å². The molecule has 0 fully saturated rings. The molecule has 0 unspecified atom stereocenters. The summed E-state index contributed by atoms with van der Waals surface area (Å²) >= 11 is 9.47. The number of aromatic nitrogens is 2. The third-order valence-electron chi connectivity index (χ3n) is 2.03. The largest absolute Gasteiger partial charge is 0.251 e. The van der Waals surface area contributed by atoms with E-state index < -0.39 is 0 Å². The van der Waals surface area contributed by atoms with Crippen LogP contribution in [0.2, 0.25) is 5.15 Å². The zero-order valence-corrected chi connectivity index (χ0v) is 10.4. The van der Waals surface area contributed by atoms with Crippen LogP contribution in [0.5, 0.6) is 0 Å². The van der Waals surface area contributed by atoms with E-state index in [2.05, 4.69) is 25.9 Å². The fourth-order valence-electron chi connectivity index (χ4n) is 1.31. The molecule has 4 heteroatoms. The Morgan fingerprint density at radius 3 is 2.60 bits per heavy atom. The molecule has 0 aliphatic carbocycles. The monoisotopic (exact) mass is 282 g/mol. The zero-order chi connectivity index (χ0) is 10.8. The number of halogens is 2. The van der Waals surface area contributed by atoms with Gasteiger partial charge in [-0.25, -0.2) is 4.98 Å². The number of nitrogens with zero attached hydrogens (tertiary/aromatic N) is 2. The number of hydrogen-bond acceptors (Lipinski definition) is 2. The molecule has 2 nitrogen and oxygen atoms in total. The molecule has 76 valence electrons. The Bertz CT molecular complexity index is 500. The predicted octanol–water partition coefficient (Wildman–Crippen LogP) is 3.87. The van der Waals surface area contributed by atoms with Gasteiger partial charge in [-0.3, -0.25) is 4.98 Å². The van der Waals surface area contributed by atoms with E-state index >= 15 is 0 Å². The standard InChI is InChI=1S/C11H8BrClN2/c1-7-2-3-8(9(12)6-7)10-11(13)15-5-4-14-10/h2-6H,1H3. The van der Waals surface area contributed by atoms with E-state index in [1.807, 2.05) is 25.1 Å². The molecule has 1 heterocycles. The van der Waals surface area contributed by atoms with Crippen molar-refractivity contribution < 1.29 is 0 Å². The van der Waals surface area contributed by atoms with Crippen molar-refractivity contribution in [3.63, 3.8) is 0 Å². The van der Waals surface area contributed by atoms with Crippen LogP contribution in [0.3, 0.4) is 0 Å². The first-order valence-electron chi connectivity index (χ1n) is 4.41. The van der Waals surface area contributed by atoms with Crippen molar-refractivity contribution in [1.82, 2.24) is 9.97 Å². The molecule has 0 spiro atoms. The highest BCUT2D eigenvalue weighted by atomic mass is 79.9. The average Bonchev–Trinajstić information content (AvgIpc) is 2.20. The lowest BCUT2D eigenvalue weighted by atomic mass is 10.1. The van der Waals surface area contributed by atoms with Crippen molar-refractivity contribution in [3.05, 3.63) is 45.8 Å². The lowest BCUT2D eigenvalue weighted by Gasteiger charge is -2.05. The molecule has 15 heavy (non-hydrogen) atoms. The molecule has 0 aliphatic rings. The molecular formula is C11H8BrClN2. The van der Waals surface area contributed by atoms with E-state index in [0.717, 1.165) is 10.0 Å². The van der Waals surface area contributed by atoms with Gasteiger partial charge < -0.3 is 0 Å². The Labute approximate surface area is 101 Å². The number of rotatable bonds is 1. The van der Waals surface area contributed by atoms with E-state index in [9.17, 15) is 0 Å². The Morgan fingerprint density at radius 2 is 1.93 bits per heavy atom. The van der Waals surface area contributed by atoms with Crippen LogP contribution in [-0.2, 0) is 0 Å². The second-order valence-corrected chi connectivity index (χ2v) is 4.39. The van der Waals surface area contributed by atoms with E-state index in [-0.39, 0.29) is 0 Å². The molecule has 0 saturated heterocycles. The fourth-order valence-corrected chi connectivity index (χ4v) is 2.20. The van der Waals surface area contributed by atoms with Crippen LogP contribution < -0.4 is 0 Å². The second kappa shape index (κ2) is 4.29. The first-order valence-corrected chi connectivity index (χ1v) is 5.58. The molecule has 1 aromatic heterocycles. The van der Waals surface area contributed by atoms with Crippen molar-refractivity contribution >= 4 is 27.5 Å². The van der Waals surface area contributed by atoms with Crippen LogP contribution in [0.4, 0.5) is 0 Å². The van der Waals surface area contributed by atoms with E-state index in [4.69, 9.17) is 11.6 Å². The van der Waals surface area contributed by atoms with Crippen molar-refractivity contribution in [2.75, 3.05) is 0 Å². The lowest BCUT2D eigenvalue weighted by Crippen LogP contribution is -1.88. The van der Waals surface area contributed by atoms with Gasteiger partial charge in [0.05, 0.1) is 0 Å². The first-order chi connectivity index (χ1) is 7.18. The van der Waals surface area contributed by atoms with E-state index in [1.54, 1.807) is 12.4 Å². The van der Waals surface area contributed by atoms with Gasteiger partial charge in [-0.1, -0.05) is 39.7 Å².